The SMILES string of the molecule is C[C@@H]1[C@@H]([Si](C)(C)F)[C@H](CCn2cc(CCO)nn2)O[C@@]12C(=O)N(Cc1cccc(N3CCOC3=O)c1)c1ccc(Br)cc12. The van der Waals surface area contributed by atoms with Crippen molar-refractivity contribution >= 4 is 47.7 Å². The summed E-state index contributed by atoms with van der Waals surface area (Å²) in [5.74, 6) is -0.628. The highest BCUT2D eigenvalue weighted by molar-refractivity contribution is 9.10. The van der Waals surface area contributed by atoms with E-state index in [0.29, 0.717) is 43.9 Å². The maximum Gasteiger partial charge on any atom is 0.414 e. The Morgan fingerprint density at radius 2 is 2.02 bits per heavy atom. The molecule has 43 heavy (non-hydrogen) atoms. The number of cyclic esters (lactones) is 1. The molecule has 2 aromatic carbocycles. The predicted molar refractivity (Wildman–Crippen MR) is 164 cm³/mol. The zero-order valence-corrected chi connectivity index (χ0v) is 27.0. The molecule has 2 saturated heterocycles. The molecule has 0 unspecified atom stereocenters. The number of aliphatic hydroxyl groups is 1. The average molecular weight is 673 g/mol. The average Bonchev–Trinajstić information content (AvgIpc) is 3.71. The predicted octanol–water partition coefficient (Wildman–Crippen LogP) is 4.94. The number of nitrogens with zero attached hydrogens (tertiary/aromatic N) is 5. The maximum absolute atomic E-state index is 16.1. The zero-order chi connectivity index (χ0) is 30.5. The van der Waals surface area contributed by atoms with E-state index in [2.05, 4.69) is 26.2 Å². The smallest absolute Gasteiger partial charge is 0.414 e. The van der Waals surface area contributed by atoms with E-state index >= 15 is 4.11 Å². The first kappa shape index (κ1) is 29.9. The summed E-state index contributed by atoms with van der Waals surface area (Å²) in [6.07, 6.45) is 1.76. The Morgan fingerprint density at radius 3 is 2.74 bits per heavy atom. The number of ether oxygens (including phenoxy) is 2. The fourth-order valence-electron chi connectivity index (χ4n) is 7.02. The monoisotopic (exact) mass is 671 g/mol. The number of carbonyl (C=O) groups is 2. The van der Waals surface area contributed by atoms with Crippen molar-refractivity contribution in [2.24, 2.45) is 5.92 Å². The van der Waals surface area contributed by atoms with Crippen LogP contribution in [0.4, 0.5) is 20.3 Å². The molecule has 0 radical (unpaired) electrons. The fourth-order valence-corrected chi connectivity index (χ4v) is 9.92. The van der Waals surface area contributed by atoms with Crippen LogP contribution in [0.2, 0.25) is 18.6 Å². The third-order valence-electron chi connectivity index (χ3n) is 8.84. The lowest BCUT2D eigenvalue weighted by Crippen LogP contribution is -2.45. The second kappa shape index (κ2) is 11.4. The Balaban J connectivity index is 1.33. The van der Waals surface area contributed by atoms with Crippen molar-refractivity contribution in [1.82, 2.24) is 15.0 Å². The molecule has 3 aromatic rings. The molecule has 4 heterocycles. The minimum absolute atomic E-state index is 0.0170. The molecule has 3 aliphatic rings. The number of halogens is 2. The van der Waals surface area contributed by atoms with E-state index in [1.165, 1.54) is 0 Å². The van der Waals surface area contributed by atoms with Crippen LogP contribution in [0.1, 0.15) is 30.2 Å². The van der Waals surface area contributed by atoms with Crippen molar-refractivity contribution in [2.45, 2.75) is 63.2 Å². The number of fused-ring (bicyclic) bond motifs is 2. The van der Waals surface area contributed by atoms with Gasteiger partial charge in [0.2, 0.25) is 8.41 Å². The largest absolute Gasteiger partial charge is 0.447 e. The van der Waals surface area contributed by atoms with Gasteiger partial charge in [-0.25, -0.2) is 4.79 Å². The summed E-state index contributed by atoms with van der Waals surface area (Å²) in [6, 6.07) is 13.3. The van der Waals surface area contributed by atoms with E-state index in [1.807, 2.05) is 49.4 Å². The maximum atomic E-state index is 16.1. The van der Waals surface area contributed by atoms with Crippen molar-refractivity contribution in [3.63, 3.8) is 0 Å². The Labute approximate surface area is 259 Å². The standard InChI is InChI=1S/C30H35BrFN5O5Si/c1-19-27(43(2,3)32)26(9-11-35-18-22(10-13-38)33-34-35)42-30(19)24-16-21(31)7-8-25(24)37(28(30)39)17-20-5-4-6-23(15-20)36-12-14-41-29(36)40/h4-8,15-16,18-19,26-27,38H,9-14,17H2,1-3H3/t19-,26+,27-,30+/m1/s1. The number of anilines is 2. The second-order valence-electron chi connectivity index (χ2n) is 12.0. The first-order valence-corrected chi connectivity index (χ1v) is 18.3. The van der Waals surface area contributed by atoms with E-state index < -0.39 is 31.6 Å². The summed E-state index contributed by atoms with van der Waals surface area (Å²) < 4.78 is 30.6. The molecule has 2 fully saturated rings. The van der Waals surface area contributed by atoms with Crippen LogP contribution in [-0.4, -0.2) is 66.4 Å². The van der Waals surface area contributed by atoms with Crippen LogP contribution in [0.3, 0.4) is 0 Å². The number of hydrogen-bond donors (Lipinski definition) is 1. The minimum Gasteiger partial charge on any atom is -0.447 e. The number of carbonyl (C=O) groups excluding carboxylic acids is 2. The number of rotatable bonds is 9. The Bertz CT molecular complexity index is 1550. The summed E-state index contributed by atoms with van der Waals surface area (Å²) in [7, 11) is -3.31. The van der Waals surface area contributed by atoms with Gasteiger partial charge in [0.15, 0.2) is 5.60 Å². The summed E-state index contributed by atoms with van der Waals surface area (Å²) in [6.45, 7) is 6.82. The summed E-state index contributed by atoms with van der Waals surface area (Å²) in [5.41, 5.74) is 1.93. The third kappa shape index (κ3) is 5.30. The third-order valence-corrected chi connectivity index (χ3v) is 11.8. The molecule has 1 N–H and O–H groups in total. The second-order valence-corrected chi connectivity index (χ2v) is 16.7. The van der Waals surface area contributed by atoms with Gasteiger partial charge in [-0.3, -0.25) is 14.4 Å². The number of hydrogen-bond acceptors (Lipinski definition) is 7. The van der Waals surface area contributed by atoms with E-state index in [4.69, 9.17) is 9.47 Å². The highest BCUT2D eigenvalue weighted by atomic mass is 79.9. The van der Waals surface area contributed by atoms with Crippen LogP contribution in [-0.2, 0) is 39.4 Å². The van der Waals surface area contributed by atoms with Crippen LogP contribution in [0.25, 0.3) is 0 Å². The highest BCUT2D eigenvalue weighted by Gasteiger charge is 2.66. The van der Waals surface area contributed by atoms with Crippen LogP contribution in [0.5, 0.6) is 0 Å². The lowest BCUT2D eigenvalue weighted by molar-refractivity contribution is -0.146. The normalized spacial score (nSPS) is 25.2. The van der Waals surface area contributed by atoms with Crippen molar-refractivity contribution in [3.8, 4) is 0 Å². The van der Waals surface area contributed by atoms with Gasteiger partial charge in [0.1, 0.15) is 6.61 Å². The molecule has 1 spiro atoms. The van der Waals surface area contributed by atoms with Crippen molar-refractivity contribution in [2.75, 3.05) is 29.6 Å². The lowest BCUT2D eigenvalue weighted by atomic mass is 9.82. The molecule has 10 nitrogen and oxygen atoms in total. The van der Waals surface area contributed by atoms with Crippen LogP contribution < -0.4 is 9.80 Å². The number of amides is 2. The Morgan fingerprint density at radius 1 is 1.21 bits per heavy atom. The first-order valence-electron chi connectivity index (χ1n) is 14.5. The molecule has 3 aliphatic heterocycles. The number of benzene rings is 2. The zero-order valence-electron chi connectivity index (χ0n) is 24.4. The molecule has 1 aromatic heterocycles. The van der Waals surface area contributed by atoms with Gasteiger partial charge >= 0.3 is 6.09 Å². The number of aromatic nitrogens is 3. The topological polar surface area (TPSA) is 110 Å². The van der Waals surface area contributed by atoms with Gasteiger partial charge in [-0.1, -0.05) is 40.2 Å². The number of aliphatic hydroxyl groups excluding tert-OH is 1. The molecule has 6 rings (SSSR count). The van der Waals surface area contributed by atoms with Crippen molar-refractivity contribution < 1.29 is 28.3 Å². The molecular formula is C30H35BrFN5O5Si. The van der Waals surface area contributed by atoms with Gasteiger partial charge in [-0.05, 0) is 55.4 Å². The molecule has 13 heteroatoms. The molecule has 0 bridgehead atoms. The molecule has 0 aliphatic carbocycles. The number of aryl methyl sites for hydroxylation is 1. The molecule has 228 valence electrons. The van der Waals surface area contributed by atoms with Gasteiger partial charge in [0.25, 0.3) is 5.91 Å². The Hall–Kier alpha value is -3.13. The quantitative estimate of drug-likeness (QED) is 0.253. The van der Waals surface area contributed by atoms with E-state index in [1.54, 1.807) is 33.8 Å². The fraction of sp³-hybridized carbons (Fsp3) is 0.467. The lowest BCUT2D eigenvalue weighted by Gasteiger charge is -2.31. The van der Waals surface area contributed by atoms with Crippen LogP contribution >= 0.6 is 15.9 Å². The summed E-state index contributed by atoms with van der Waals surface area (Å²) in [4.78, 5) is 30.1. The van der Waals surface area contributed by atoms with Gasteiger partial charge < -0.3 is 23.6 Å². The van der Waals surface area contributed by atoms with Crippen LogP contribution in [0, 0.1) is 5.92 Å². The van der Waals surface area contributed by atoms with Crippen LogP contribution in [0.15, 0.2) is 53.1 Å². The van der Waals surface area contributed by atoms with Gasteiger partial charge in [-0.2, -0.15) is 0 Å². The van der Waals surface area contributed by atoms with Gasteiger partial charge in [0.05, 0.1) is 30.6 Å². The first-order chi connectivity index (χ1) is 20.5. The van der Waals surface area contributed by atoms with E-state index in [9.17, 15) is 14.7 Å². The highest BCUT2D eigenvalue weighted by Crippen LogP contribution is 2.60. The van der Waals surface area contributed by atoms with E-state index in [0.717, 1.165) is 21.3 Å². The summed E-state index contributed by atoms with van der Waals surface area (Å²) in [5, 5.41) is 17.5. The van der Waals surface area contributed by atoms with Crippen molar-refractivity contribution in [3.05, 3.63) is 70.0 Å². The van der Waals surface area contributed by atoms with Crippen molar-refractivity contribution in [1.29, 1.82) is 0 Å². The molecular weight excluding hydrogens is 637 g/mol. The minimum atomic E-state index is -3.31. The van der Waals surface area contributed by atoms with Gasteiger partial charge in [0, 0.05) is 53.0 Å². The molecule has 4 atom stereocenters. The van der Waals surface area contributed by atoms with Gasteiger partial charge in [-0.15, -0.1) is 5.10 Å². The molecule has 0 saturated carbocycles. The summed E-state index contributed by atoms with van der Waals surface area (Å²) >= 11 is 3.58. The van der Waals surface area contributed by atoms with E-state index in [-0.39, 0.29) is 25.2 Å². The molecule has 2 amide bonds. The Kier molecular flexibility index (Phi) is 7.94.